The number of hydrogen-bond donors (Lipinski definition) is 0. The molecule has 0 atom stereocenters. The van der Waals surface area contributed by atoms with Crippen LogP contribution in [0, 0.1) is 0 Å². The molecule has 0 spiro atoms. The second-order valence-corrected chi connectivity index (χ2v) is 48.6. The molecule has 1 saturated heterocycles. The maximum atomic E-state index is 6.17. The zero-order valence-corrected chi connectivity index (χ0v) is 85.7. The molecule has 27 rings (SSSR count). The van der Waals surface area contributed by atoms with E-state index < -0.39 is 0 Å². The molecule has 132 heavy (non-hydrogen) atoms. The smallest absolute Gasteiger partial charge is 0.399 e. The second-order valence-electron chi connectivity index (χ2n) is 41.5. The average molecular weight is 1980 g/mol. The minimum absolute atomic E-state index is 0.101. The molecule has 6 aliphatic carbocycles. The first-order valence-electron chi connectivity index (χ1n) is 46.6. The number of thiophene rings is 4. The highest BCUT2D eigenvalue weighted by Gasteiger charge is 2.56. The van der Waals surface area contributed by atoms with Gasteiger partial charge < -0.3 is 9.31 Å². The molecule has 0 saturated carbocycles. The quantitative estimate of drug-likeness (QED) is 0.164. The van der Waals surface area contributed by atoms with Gasteiger partial charge in [0, 0.05) is 121 Å². The molecule has 0 amide bonds. The van der Waals surface area contributed by atoms with Crippen molar-refractivity contribution in [2.24, 2.45) is 0 Å². The maximum absolute atomic E-state index is 6.17. The SMILES string of the molecule is CC.CC1(C)OB(c2ccc3sc4ccccc4c3c2)OC1(C)C.CC1(C)c2ccc(-c3ccc4sc5ccccc5c4c3)cc2-c2c1c1c(c3c2C(C)(C)c2ccc(-c4ccc5sc6ccccc6c5c4)cc2-3)C(C)(C)c2ccc(-c3ccc4sc5ccccc5c4c3)cc2-1.CC1(C)c2ccc(Br)cc2-c2c1c1c(c3c2C(C)(C)c2ccc(Br)cc2-3)C(C)(C)c2ccc(Br)cc2-1. The fourth-order valence-corrected chi connectivity index (χ4v) is 29.9. The van der Waals surface area contributed by atoms with Crippen LogP contribution in [-0.4, -0.2) is 18.3 Å². The van der Waals surface area contributed by atoms with E-state index in [9.17, 15) is 0 Å². The van der Waals surface area contributed by atoms with Gasteiger partial charge in [0.05, 0.1) is 11.2 Å². The summed E-state index contributed by atoms with van der Waals surface area (Å²) in [6.45, 7) is 42.0. The predicted molar refractivity (Wildman–Crippen MR) is 583 cm³/mol. The molecule has 648 valence electrons. The standard InChI is InChI=1S/C69H48S3.C33H27Br3.C18H19BO2S.C2H6/c1-67(2)52-25-19-37(40-22-28-58-46(31-40)43-13-7-10-16-55(43)70-58)34-49(52)61-64(67)62-50-35-38(41-23-29-59-47(32-41)44-14-8-11-17-56(44)71-59)20-26-53(50)68(3,4)66(62)63-51-36-39(21-27-54(51)69(5,6)65(61)63)42-24-30-60-48(33-42)45-15-9-12-18-57(45)72-60;1-31(2)22-10-7-16(34)13-19(22)25-28(31)26-20-14-17(35)8-11-23(20)32(3,4)30(26)27-21-15-18(36)9-12-24(21)33(5,6)29(25)27;1-17(2)18(3,4)21-19(20-17)12-9-10-16-14(11-12)13-7-5-6-8-15(13)22-16;1-2/h7-36H,1-6H3;7-15H,1-6H3;5-11H,1-4H3;1-2H3. The first-order valence-corrected chi connectivity index (χ1v) is 52.2. The first-order chi connectivity index (χ1) is 63.2. The molecule has 7 aliphatic rings. The van der Waals surface area contributed by atoms with Gasteiger partial charge in [0.2, 0.25) is 0 Å². The van der Waals surface area contributed by atoms with E-state index in [0.717, 1.165) is 18.9 Å². The van der Waals surface area contributed by atoms with Gasteiger partial charge in [0.25, 0.3) is 0 Å². The number of benzene rings is 16. The Bertz CT molecular complexity index is 7780. The monoisotopic (exact) mass is 1970 g/mol. The van der Waals surface area contributed by atoms with E-state index in [0.29, 0.717) is 0 Å². The Kier molecular flexibility index (Phi) is 18.9. The van der Waals surface area contributed by atoms with Crippen LogP contribution in [0.5, 0.6) is 0 Å². The lowest BCUT2D eigenvalue weighted by molar-refractivity contribution is 0.00578. The highest BCUT2D eigenvalue weighted by atomic mass is 79.9. The Labute approximate surface area is 815 Å². The molecule has 1 aliphatic heterocycles. The van der Waals surface area contributed by atoms with Gasteiger partial charge in [-0.25, -0.2) is 0 Å². The van der Waals surface area contributed by atoms with Crippen molar-refractivity contribution in [1.29, 1.82) is 0 Å². The predicted octanol–water partition coefficient (Wildman–Crippen LogP) is 37.0. The van der Waals surface area contributed by atoms with Gasteiger partial charge in [0.15, 0.2) is 0 Å². The minimum atomic E-state index is -0.302. The number of rotatable bonds is 4. The van der Waals surface area contributed by atoms with Crippen LogP contribution in [-0.2, 0) is 41.8 Å². The molecule has 20 aromatic rings. The van der Waals surface area contributed by atoms with Crippen LogP contribution in [0.25, 0.3) is 181 Å². The van der Waals surface area contributed by atoms with Crippen molar-refractivity contribution in [3.8, 4) is 100 Å². The van der Waals surface area contributed by atoms with Gasteiger partial charge in [-0.1, -0.05) is 302 Å². The molecule has 1 fully saturated rings. The van der Waals surface area contributed by atoms with Gasteiger partial charge >= 0.3 is 7.12 Å². The summed E-state index contributed by atoms with van der Waals surface area (Å²) in [6.07, 6.45) is 0. The van der Waals surface area contributed by atoms with Gasteiger partial charge in [-0.3, -0.25) is 0 Å². The molecule has 10 heteroatoms. The van der Waals surface area contributed by atoms with Crippen molar-refractivity contribution < 1.29 is 9.31 Å². The van der Waals surface area contributed by atoms with E-state index in [1.165, 1.54) is 248 Å². The van der Waals surface area contributed by atoms with Crippen molar-refractivity contribution in [3.05, 3.63) is 359 Å². The zero-order valence-electron chi connectivity index (χ0n) is 77.7. The summed E-state index contributed by atoms with van der Waals surface area (Å²) in [7, 11) is -0.298. The summed E-state index contributed by atoms with van der Waals surface area (Å²) in [5, 5.41) is 10.6. The average Bonchev–Trinajstić information content (AvgIpc) is 1.49. The highest BCUT2D eigenvalue weighted by molar-refractivity contribution is 9.11. The summed E-state index contributed by atoms with van der Waals surface area (Å²) >= 11 is 18.9. The topological polar surface area (TPSA) is 18.5 Å². The minimum Gasteiger partial charge on any atom is -0.399 e. The van der Waals surface area contributed by atoms with Crippen LogP contribution in [0.4, 0.5) is 0 Å². The highest BCUT2D eigenvalue weighted by Crippen LogP contribution is 2.71. The van der Waals surface area contributed by atoms with Crippen molar-refractivity contribution in [1.82, 2.24) is 0 Å². The fourth-order valence-electron chi connectivity index (χ4n) is 24.5. The fraction of sp³-hybridized carbons (Fsp3) is 0.213. The van der Waals surface area contributed by atoms with Crippen LogP contribution in [0.2, 0.25) is 0 Å². The number of halogens is 3. The van der Waals surface area contributed by atoms with Gasteiger partial charge in [0.1, 0.15) is 0 Å². The third kappa shape index (κ3) is 12.0. The van der Waals surface area contributed by atoms with E-state index in [4.69, 9.17) is 9.31 Å². The lowest BCUT2D eigenvalue weighted by Gasteiger charge is -2.32. The summed E-state index contributed by atoms with van der Waals surface area (Å²) in [4.78, 5) is 0. The molecule has 0 radical (unpaired) electrons. The van der Waals surface area contributed by atoms with E-state index in [1.807, 2.05) is 59.2 Å². The molecule has 2 nitrogen and oxygen atoms in total. The summed E-state index contributed by atoms with van der Waals surface area (Å²) in [6, 6.07) is 106. The summed E-state index contributed by atoms with van der Waals surface area (Å²) in [5.74, 6) is 0. The Hall–Kier alpha value is -10.2. The molecule has 4 aromatic heterocycles. The zero-order chi connectivity index (χ0) is 91.2. The van der Waals surface area contributed by atoms with E-state index in [2.05, 4.69) is 438 Å². The van der Waals surface area contributed by atoms with E-state index in [-0.39, 0.29) is 50.8 Å². The number of fused-ring (bicyclic) bond motifs is 36. The van der Waals surface area contributed by atoms with Crippen LogP contribution in [0.3, 0.4) is 0 Å². The lowest BCUT2D eigenvalue weighted by Crippen LogP contribution is -2.41. The normalized spacial score (nSPS) is 16.8. The molecule has 16 aromatic carbocycles. The van der Waals surface area contributed by atoms with Crippen molar-refractivity contribution >= 4 is 186 Å². The molecule has 5 heterocycles. The van der Waals surface area contributed by atoms with Crippen LogP contribution >= 0.6 is 93.1 Å². The second kappa shape index (κ2) is 29.4. The first kappa shape index (κ1) is 84.8. The van der Waals surface area contributed by atoms with E-state index in [1.54, 1.807) is 0 Å². The molecule has 0 N–H and O–H groups in total. The Morgan fingerprint density at radius 3 is 0.682 bits per heavy atom. The van der Waals surface area contributed by atoms with Gasteiger partial charge in [-0.2, -0.15) is 0 Å². The Morgan fingerprint density at radius 1 is 0.212 bits per heavy atom. The molecule has 0 unspecified atom stereocenters. The van der Waals surface area contributed by atoms with Crippen LogP contribution < -0.4 is 5.46 Å². The van der Waals surface area contributed by atoms with Crippen molar-refractivity contribution in [3.63, 3.8) is 0 Å². The maximum Gasteiger partial charge on any atom is 0.494 e. The molecular weight excluding hydrogens is 1880 g/mol. The Balaban J connectivity index is 0.000000132. The van der Waals surface area contributed by atoms with Crippen LogP contribution in [0.15, 0.2) is 292 Å². The number of hydrogen-bond acceptors (Lipinski definition) is 6. The Morgan fingerprint density at radius 2 is 0.417 bits per heavy atom. The molecule has 0 bridgehead atoms. The lowest BCUT2D eigenvalue weighted by atomic mass is 9.71. The van der Waals surface area contributed by atoms with Crippen molar-refractivity contribution in [2.45, 2.75) is 168 Å². The van der Waals surface area contributed by atoms with Crippen molar-refractivity contribution in [2.75, 3.05) is 0 Å². The molecular formula is C122H100BBr3O2S4. The third-order valence-electron chi connectivity index (χ3n) is 31.5. The van der Waals surface area contributed by atoms with Gasteiger partial charge in [-0.15, -0.1) is 45.3 Å². The van der Waals surface area contributed by atoms with Crippen LogP contribution in [0.1, 0.15) is 191 Å². The van der Waals surface area contributed by atoms with E-state index >= 15 is 0 Å². The summed E-state index contributed by atoms with van der Waals surface area (Å²) < 4.78 is 26.4. The van der Waals surface area contributed by atoms with Gasteiger partial charge in [-0.05, 0) is 327 Å². The summed E-state index contributed by atoms with van der Waals surface area (Å²) in [5.41, 5.74) is 41.5. The largest absolute Gasteiger partial charge is 0.494 e. The third-order valence-corrected chi connectivity index (χ3v) is 37.6.